The van der Waals surface area contributed by atoms with Gasteiger partial charge in [-0.1, -0.05) is 11.3 Å². The third-order valence-corrected chi connectivity index (χ3v) is 2.26. The van der Waals surface area contributed by atoms with Crippen LogP contribution < -0.4 is 0 Å². The highest BCUT2D eigenvalue weighted by Crippen LogP contribution is 2.35. The van der Waals surface area contributed by atoms with Crippen LogP contribution in [0.15, 0.2) is 6.07 Å². The molecule has 1 heterocycles. The molecule has 0 atom stereocenters. The first kappa shape index (κ1) is 8.66. The molecule has 0 aliphatic carbocycles. The summed E-state index contributed by atoms with van der Waals surface area (Å²) in [5.41, 5.74) is -0.412. The van der Waals surface area contributed by atoms with Crippen LogP contribution in [0.3, 0.4) is 0 Å². The van der Waals surface area contributed by atoms with E-state index in [-0.39, 0.29) is 10.7 Å². The van der Waals surface area contributed by atoms with Crippen LogP contribution in [0, 0.1) is 10.1 Å². The van der Waals surface area contributed by atoms with Gasteiger partial charge in [-0.2, -0.15) is 0 Å². The maximum atomic E-state index is 10.7. The summed E-state index contributed by atoms with van der Waals surface area (Å²) in [7, 11) is 0. The van der Waals surface area contributed by atoms with Crippen LogP contribution >= 0.6 is 11.3 Å². The van der Waals surface area contributed by atoms with Crippen molar-refractivity contribution in [1.82, 2.24) is 0 Å². The van der Waals surface area contributed by atoms with Gasteiger partial charge in [0, 0.05) is 6.07 Å². The number of hydrogen-bond acceptors (Lipinski definition) is 5. The van der Waals surface area contributed by atoms with E-state index in [1.54, 1.807) is 0 Å². The minimum absolute atomic E-state index is 0.194. The molecule has 0 aliphatic heterocycles. The lowest BCUT2D eigenvalue weighted by Crippen LogP contribution is -1.87. The summed E-state index contributed by atoms with van der Waals surface area (Å²) in [6, 6.07) is 1.07. The van der Waals surface area contributed by atoms with Gasteiger partial charge in [-0.15, -0.1) is 0 Å². The Morgan fingerprint density at radius 1 is 1.75 bits per heavy atom. The van der Waals surface area contributed by atoms with E-state index >= 15 is 0 Å². The Balaban J connectivity index is 3.17. The Kier molecular flexibility index (Phi) is 2.09. The molecule has 0 aliphatic rings. The predicted octanol–water partition coefficient (Wildman–Crippen LogP) is 1.56. The van der Waals surface area contributed by atoms with Crippen LogP contribution in [0.1, 0.15) is 16.6 Å². The third kappa shape index (κ3) is 1.42. The second-order valence-electron chi connectivity index (χ2n) is 2.11. The molecule has 0 radical (unpaired) electrons. The lowest BCUT2D eigenvalue weighted by atomic mass is 10.3. The highest BCUT2D eigenvalue weighted by Gasteiger charge is 2.19. The van der Waals surface area contributed by atoms with E-state index in [9.17, 15) is 14.9 Å². The Labute approximate surface area is 71.4 Å². The molecule has 0 fully saturated rings. The van der Waals surface area contributed by atoms with Gasteiger partial charge in [0.1, 0.15) is 0 Å². The lowest BCUT2D eigenvalue weighted by Gasteiger charge is -1.82. The van der Waals surface area contributed by atoms with Crippen LogP contribution in [-0.2, 0) is 0 Å². The molecule has 5 nitrogen and oxygen atoms in total. The normalized spacial score (nSPS) is 9.75. The van der Waals surface area contributed by atoms with E-state index < -0.39 is 15.7 Å². The molecule has 64 valence electrons. The summed E-state index contributed by atoms with van der Waals surface area (Å²) >= 11 is 0.715. The fourth-order valence-corrected chi connectivity index (χ4v) is 1.44. The fourth-order valence-electron chi connectivity index (χ4n) is 0.676. The Morgan fingerprint density at radius 2 is 2.33 bits per heavy atom. The molecule has 1 N–H and O–H groups in total. The van der Waals surface area contributed by atoms with Crippen molar-refractivity contribution in [2.75, 3.05) is 0 Å². The smallest absolute Gasteiger partial charge is 0.323 e. The first-order chi connectivity index (χ1) is 5.52. The third-order valence-electron chi connectivity index (χ3n) is 1.24. The van der Waals surface area contributed by atoms with Crippen molar-refractivity contribution < 1.29 is 14.8 Å². The number of Topliss-reactive ketones (excluding diaryl/α,β-unsaturated/α-hetero) is 1. The standard InChI is InChI=1S/C6H5NO4S/c1-3(8)5-2-4(7(10)11)6(9)12-5/h2,9H,1H3. The zero-order chi connectivity index (χ0) is 9.30. The van der Waals surface area contributed by atoms with Crippen molar-refractivity contribution in [2.45, 2.75) is 6.92 Å². The molecule has 1 aromatic rings. The van der Waals surface area contributed by atoms with E-state index in [2.05, 4.69) is 0 Å². The number of aromatic hydroxyl groups is 1. The monoisotopic (exact) mass is 187 g/mol. The second-order valence-corrected chi connectivity index (χ2v) is 3.14. The summed E-state index contributed by atoms with van der Waals surface area (Å²) in [6.45, 7) is 1.29. The average Bonchev–Trinajstić information content (AvgIpc) is 2.30. The predicted molar refractivity (Wildman–Crippen MR) is 42.6 cm³/mol. The SMILES string of the molecule is CC(=O)c1cc([N+](=O)[O-])c(O)s1. The van der Waals surface area contributed by atoms with Gasteiger partial charge < -0.3 is 5.11 Å². The van der Waals surface area contributed by atoms with Gasteiger partial charge in [-0.05, 0) is 6.92 Å². The van der Waals surface area contributed by atoms with Crippen molar-refractivity contribution in [2.24, 2.45) is 0 Å². The number of nitrogens with zero attached hydrogens (tertiary/aromatic N) is 1. The number of carbonyl (C=O) groups is 1. The summed E-state index contributed by atoms with van der Waals surface area (Å²) in [5.74, 6) is -0.289. The molecular formula is C6H5NO4S. The maximum absolute atomic E-state index is 10.7. The van der Waals surface area contributed by atoms with Crippen LogP contribution in [0.4, 0.5) is 5.69 Å². The molecule has 0 saturated heterocycles. The van der Waals surface area contributed by atoms with Crippen molar-refractivity contribution in [1.29, 1.82) is 0 Å². The summed E-state index contributed by atoms with van der Waals surface area (Å²) in [4.78, 5) is 20.4. The molecule has 0 spiro atoms. The van der Waals surface area contributed by atoms with Gasteiger partial charge in [0.15, 0.2) is 5.78 Å². The number of carbonyl (C=O) groups excluding carboxylic acids is 1. The molecule has 0 unspecified atom stereocenters. The number of ketones is 1. The second kappa shape index (κ2) is 2.90. The van der Waals surface area contributed by atoms with Crippen molar-refractivity contribution >= 4 is 22.8 Å². The van der Waals surface area contributed by atoms with E-state index in [1.165, 1.54) is 6.92 Å². The van der Waals surface area contributed by atoms with Gasteiger partial charge in [-0.3, -0.25) is 14.9 Å². The van der Waals surface area contributed by atoms with Gasteiger partial charge in [0.05, 0.1) is 9.80 Å². The van der Waals surface area contributed by atoms with Crippen molar-refractivity contribution in [3.8, 4) is 5.06 Å². The quantitative estimate of drug-likeness (QED) is 0.432. The molecule has 0 aromatic carbocycles. The highest BCUT2D eigenvalue weighted by molar-refractivity contribution is 7.16. The van der Waals surface area contributed by atoms with Gasteiger partial charge in [-0.25, -0.2) is 0 Å². The summed E-state index contributed by atoms with van der Waals surface area (Å²) in [6.07, 6.45) is 0. The van der Waals surface area contributed by atoms with E-state index in [0.717, 1.165) is 6.07 Å². The van der Waals surface area contributed by atoms with Crippen molar-refractivity contribution in [3.05, 3.63) is 21.1 Å². The topological polar surface area (TPSA) is 80.4 Å². The molecule has 12 heavy (non-hydrogen) atoms. The summed E-state index contributed by atoms with van der Waals surface area (Å²) in [5, 5.41) is 18.7. The Hall–Kier alpha value is -1.43. The van der Waals surface area contributed by atoms with Gasteiger partial charge in [0.25, 0.3) is 5.06 Å². The molecule has 6 heteroatoms. The number of hydrogen-bond donors (Lipinski definition) is 1. The molecule has 0 bridgehead atoms. The first-order valence-electron chi connectivity index (χ1n) is 3.00. The van der Waals surface area contributed by atoms with Crippen LogP contribution in [0.5, 0.6) is 5.06 Å². The largest absolute Gasteiger partial charge is 0.495 e. The molecule has 0 saturated carbocycles. The van der Waals surface area contributed by atoms with E-state index in [0.29, 0.717) is 11.3 Å². The highest BCUT2D eigenvalue weighted by atomic mass is 32.1. The van der Waals surface area contributed by atoms with E-state index in [1.807, 2.05) is 0 Å². The number of thiophene rings is 1. The minimum atomic E-state index is -0.724. The number of nitro groups is 1. The number of rotatable bonds is 2. The molecule has 1 rings (SSSR count). The van der Waals surface area contributed by atoms with Crippen LogP contribution in [0.2, 0.25) is 0 Å². The Morgan fingerprint density at radius 3 is 2.58 bits per heavy atom. The zero-order valence-corrected chi connectivity index (χ0v) is 6.92. The minimum Gasteiger partial charge on any atom is -0.495 e. The maximum Gasteiger partial charge on any atom is 0.323 e. The molecule has 0 amide bonds. The van der Waals surface area contributed by atoms with Gasteiger partial charge >= 0.3 is 5.69 Å². The van der Waals surface area contributed by atoms with Crippen LogP contribution in [-0.4, -0.2) is 15.8 Å². The first-order valence-corrected chi connectivity index (χ1v) is 3.82. The molecule has 1 aromatic heterocycles. The van der Waals surface area contributed by atoms with E-state index in [4.69, 9.17) is 5.11 Å². The molecular weight excluding hydrogens is 182 g/mol. The Bertz CT molecular complexity index is 343. The average molecular weight is 187 g/mol. The van der Waals surface area contributed by atoms with Crippen molar-refractivity contribution in [3.63, 3.8) is 0 Å². The van der Waals surface area contributed by atoms with Gasteiger partial charge in [0.2, 0.25) is 0 Å². The fraction of sp³-hybridized carbons (Fsp3) is 0.167. The summed E-state index contributed by atoms with van der Waals surface area (Å²) < 4.78 is 0. The lowest BCUT2D eigenvalue weighted by molar-refractivity contribution is -0.385. The van der Waals surface area contributed by atoms with Crippen LogP contribution in [0.25, 0.3) is 0 Å². The zero-order valence-electron chi connectivity index (χ0n) is 6.10.